The van der Waals surface area contributed by atoms with Gasteiger partial charge in [-0.15, -0.1) is 0 Å². The minimum Gasteiger partial charge on any atom is -0.480 e. The third-order valence-electron chi connectivity index (χ3n) is 3.41. The topological polar surface area (TPSA) is 78.9 Å². The SMILES string of the molecule is CCSCCC(C)NC(=O)N1CC(OC)CC1C(=O)O. The van der Waals surface area contributed by atoms with Gasteiger partial charge in [-0.05, 0) is 24.9 Å². The zero-order valence-corrected chi connectivity index (χ0v) is 13.1. The number of thioether (sulfide) groups is 1. The van der Waals surface area contributed by atoms with Crippen molar-refractivity contribution in [2.75, 3.05) is 25.2 Å². The van der Waals surface area contributed by atoms with Gasteiger partial charge in [0.15, 0.2) is 0 Å². The van der Waals surface area contributed by atoms with E-state index < -0.39 is 12.0 Å². The Bertz CT molecular complexity index is 340. The van der Waals surface area contributed by atoms with Gasteiger partial charge in [0.05, 0.1) is 6.10 Å². The average Bonchev–Trinajstić information content (AvgIpc) is 2.83. The Hall–Kier alpha value is -0.950. The van der Waals surface area contributed by atoms with Crippen LogP contribution in [-0.2, 0) is 9.53 Å². The van der Waals surface area contributed by atoms with E-state index in [1.165, 1.54) is 12.0 Å². The van der Waals surface area contributed by atoms with Crippen LogP contribution in [0.3, 0.4) is 0 Å². The first-order valence-corrected chi connectivity index (χ1v) is 8.05. The number of ether oxygens (including phenoxy) is 1. The molecule has 0 spiro atoms. The van der Waals surface area contributed by atoms with Gasteiger partial charge >= 0.3 is 12.0 Å². The number of methoxy groups -OCH3 is 1. The van der Waals surface area contributed by atoms with Gasteiger partial charge in [-0.3, -0.25) is 0 Å². The lowest BCUT2D eigenvalue weighted by Crippen LogP contribution is -2.48. The Morgan fingerprint density at radius 1 is 1.55 bits per heavy atom. The number of nitrogens with zero attached hydrogens (tertiary/aromatic N) is 1. The largest absolute Gasteiger partial charge is 0.480 e. The van der Waals surface area contributed by atoms with Crippen molar-refractivity contribution in [2.24, 2.45) is 0 Å². The van der Waals surface area contributed by atoms with Crippen molar-refractivity contribution >= 4 is 23.8 Å². The van der Waals surface area contributed by atoms with Crippen molar-refractivity contribution in [3.63, 3.8) is 0 Å². The lowest BCUT2D eigenvalue weighted by atomic mass is 10.2. The lowest BCUT2D eigenvalue weighted by molar-refractivity contribution is -0.141. The summed E-state index contributed by atoms with van der Waals surface area (Å²) in [7, 11) is 1.54. The van der Waals surface area contributed by atoms with Crippen LogP contribution in [0.25, 0.3) is 0 Å². The van der Waals surface area contributed by atoms with Crippen LogP contribution in [0.15, 0.2) is 0 Å². The highest BCUT2D eigenvalue weighted by atomic mass is 32.2. The van der Waals surface area contributed by atoms with Crippen molar-refractivity contribution in [2.45, 2.75) is 44.9 Å². The van der Waals surface area contributed by atoms with Crippen LogP contribution < -0.4 is 5.32 Å². The molecule has 1 fully saturated rings. The fourth-order valence-corrected chi connectivity index (χ4v) is 3.01. The average molecular weight is 304 g/mol. The van der Waals surface area contributed by atoms with Gasteiger partial charge in [0.1, 0.15) is 6.04 Å². The maximum atomic E-state index is 12.2. The van der Waals surface area contributed by atoms with Gasteiger partial charge in [0, 0.05) is 26.1 Å². The molecule has 0 aromatic rings. The summed E-state index contributed by atoms with van der Waals surface area (Å²) in [5, 5.41) is 12.0. The normalized spacial score (nSPS) is 23.6. The van der Waals surface area contributed by atoms with E-state index in [4.69, 9.17) is 4.74 Å². The van der Waals surface area contributed by atoms with Gasteiger partial charge in [-0.2, -0.15) is 11.8 Å². The number of urea groups is 1. The van der Waals surface area contributed by atoms with Crippen LogP contribution >= 0.6 is 11.8 Å². The van der Waals surface area contributed by atoms with Gasteiger partial charge in [-0.25, -0.2) is 9.59 Å². The summed E-state index contributed by atoms with van der Waals surface area (Å²) >= 11 is 1.83. The molecule has 2 N–H and O–H groups in total. The van der Waals surface area contributed by atoms with Crippen LogP contribution in [-0.4, -0.2) is 65.4 Å². The number of rotatable bonds is 7. The van der Waals surface area contributed by atoms with Crippen LogP contribution in [0.5, 0.6) is 0 Å². The summed E-state index contributed by atoms with van der Waals surface area (Å²) in [5.74, 6) is 1.07. The van der Waals surface area contributed by atoms with E-state index in [1.54, 1.807) is 0 Å². The maximum absolute atomic E-state index is 12.2. The molecule has 0 aromatic heterocycles. The Kier molecular flexibility index (Phi) is 7.15. The van der Waals surface area contributed by atoms with Gasteiger partial charge in [-0.1, -0.05) is 6.92 Å². The lowest BCUT2D eigenvalue weighted by Gasteiger charge is -2.24. The fourth-order valence-electron chi connectivity index (χ4n) is 2.20. The second-order valence-electron chi connectivity index (χ2n) is 4.94. The summed E-state index contributed by atoms with van der Waals surface area (Å²) in [5.41, 5.74) is 0. The Labute approximate surface area is 124 Å². The minimum atomic E-state index is -0.978. The van der Waals surface area contributed by atoms with E-state index in [-0.39, 0.29) is 18.2 Å². The third kappa shape index (κ3) is 4.86. The first-order valence-electron chi connectivity index (χ1n) is 6.90. The maximum Gasteiger partial charge on any atom is 0.326 e. The second-order valence-corrected chi connectivity index (χ2v) is 6.33. The molecule has 116 valence electrons. The smallest absolute Gasteiger partial charge is 0.326 e. The third-order valence-corrected chi connectivity index (χ3v) is 4.34. The van der Waals surface area contributed by atoms with E-state index in [1.807, 2.05) is 18.7 Å². The highest BCUT2D eigenvalue weighted by Gasteiger charge is 2.40. The monoisotopic (exact) mass is 304 g/mol. The quantitative estimate of drug-likeness (QED) is 0.695. The molecular formula is C13H24N2O4S. The standard InChI is InChI=1S/C13H24N2O4S/c1-4-20-6-5-9(2)14-13(18)15-8-10(19-3)7-11(15)12(16)17/h9-11H,4-8H2,1-3H3,(H,14,18)(H,16,17). The van der Waals surface area contributed by atoms with E-state index >= 15 is 0 Å². The predicted molar refractivity (Wildman–Crippen MR) is 79.2 cm³/mol. The number of carbonyl (C=O) groups excluding carboxylic acids is 1. The van der Waals surface area contributed by atoms with Crippen LogP contribution in [0.4, 0.5) is 4.79 Å². The first-order chi connectivity index (χ1) is 9.49. The molecule has 3 atom stereocenters. The van der Waals surface area contributed by atoms with E-state index in [2.05, 4.69) is 12.2 Å². The Balaban J connectivity index is 2.50. The van der Waals surface area contributed by atoms with Crippen molar-refractivity contribution in [1.29, 1.82) is 0 Å². The van der Waals surface area contributed by atoms with E-state index in [0.717, 1.165) is 17.9 Å². The zero-order valence-electron chi connectivity index (χ0n) is 12.3. The molecule has 7 heteroatoms. The molecule has 1 rings (SSSR count). The van der Waals surface area contributed by atoms with Gasteiger partial charge in [0.2, 0.25) is 0 Å². The van der Waals surface area contributed by atoms with Crippen molar-refractivity contribution < 1.29 is 19.4 Å². The number of hydrogen-bond acceptors (Lipinski definition) is 4. The highest BCUT2D eigenvalue weighted by Crippen LogP contribution is 2.20. The predicted octanol–water partition coefficient (Wildman–Crippen LogP) is 1.40. The van der Waals surface area contributed by atoms with Crippen LogP contribution in [0.1, 0.15) is 26.7 Å². The number of aliphatic carboxylic acids is 1. The summed E-state index contributed by atoms with van der Waals surface area (Å²) in [6.45, 7) is 4.37. The molecule has 6 nitrogen and oxygen atoms in total. The number of carboxylic acids is 1. The number of hydrogen-bond donors (Lipinski definition) is 2. The fraction of sp³-hybridized carbons (Fsp3) is 0.846. The Morgan fingerprint density at radius 3 is 2.80 bits per heavy atom. The summed E-state index contributed by atoms with van der Waals surface area (Å²) in [6.07, 6.45) is 1.02. The van der Waals surface area contributed by atoms with Gasteiger partial charge < -0.3 is 20.1 Å². The number of carboxylic acid groups (broad SMARTS) is 1. The Morgan fingerprint density at radius 2 is 2.25 bits per heavy atom. The molecule has 3 unspecified atom stereocenters. The first kappa shape index (κ1) is 17.1. The molecule has 0 radical (unpaired) electrons. The highest BCUT2D eigenvalue weighted by molar-refractivity contribution is 7.99. The molecule has 1 heterocycles. The number of nitrogens with one attached hydrogen (secondary N) is 1. The molecule has 1 saturated heterocycles. The summed E-state index contributed by atoms with van der Waals surface area (Å²) in [4.78, 5) is 24.7. The minimum absolute atomic E-state index is 0.0394. The molecule has 0 aromatic carbocycles. The molecule has 0 aliphatic carbocycles. The summed E-state index contributed by atoms with van der Waals surface area (Å²) in [6, 6.07) is -1.07. The van der Waals surface area contributed by atoms with Crippen LogP contribution in [0.2, 0.25) is 0 Å². The molecule has 20 heavy (non-hydrogen) atoms. The van der Waals surface area contributed by atoms with E-state index in [9.17, 15) is 14.7 Å². The zero-order chi connectivity index (χ0) is 15.1. The molecule has 1 aliphatic heterocycles. The molecular weight excluding hydrogens is 280 g/mol. The molecule has 0 bridgehead atoms. The van der Waals surface area contributed by atoms with Crippen LogP contribution in [0, 0.1) is 0 Å². The number of likely N-dealkylation sites (tertiary alicyclic amines) is 1. The van der Waals surface area contributed by atoms with Crippen molar-refractivity contribution in [3.8, 4) is 0 Å². The number of carbonyl (C=O) groups is 2. The van der Waals surface area contributed by atoms with Crippen molar-refractivity contribution in [3.05, 3.63) is 0 Å². The second kappa shape index (κ2) is 8.36. The van der Waals surface area contributed by atoms with E-state index in [0.29, 0.717) is 13.0 Å². The molecule has 2 amide bonds. The molecule has 0 saturated carbocycles. The summed E-state index contributed by atoms with van der Waals surface area (Å²) < 4.78 is 5.17. The van der Waals surface area contributed by atoms with Crippen molar-refractivity contribution in [1.82, 2.24) is 10.2 Å². The van der Waals surface area contributed by atoms with Gasteiger partial charge in [0.25, 0.3) is 0 Å². The number of amides is 2. The molecule has 1 aliphatic rings.